The van der Waals surface area contributed by atoms with Gasteiger partial charge in [0.15, 0.2) is 0 Å². The first-order valence-corrected chi connectivity index (χ1v) is 6.35. The standard InChI is InChI=1S/C11H10ClNO3S/c12-5-7(14)6-13-10(15)8-3-1-2-4-9(8)17-11(13)16/h1-4,7,14H,5-6H2. The second kappa shape index (κ2) is 5.00. The van der Waals surface area contributed by atoms with E-state index >= 15 is 0 Å². The van der Waals surface area contributed by atoms with Crippen molar-refractivity contribution in [1.82, 2.24) is 4.57 Å². The molecule has 0 aliphatic heterocycles. The molecule has 0 aliphatic rings. The first-order valence-electron chi connectivity index (χ1n) is 5.00. The monoisotopic (exact) mass is 271 g/mol. The van der Waals surface area contributed by atoms with Crippen molar-refractivity contribution >= 4 is 33.0 Å². The molecule has 2 aromatic rings. The Labute approximate surface area is 106 Å². The number of aliphatic hydroxyl groups is 1. The summed E-state index contributed by atoms with van der Waals surface area (Å²) in [4.78, 5) is 23.4. The van der Waals surface area contributed by atoms with Gasteiger partial charge >= 0.3 is 4.87 Å². The van der Waals surface area contributed by atoms with Gasteiger partial charge in [0.25, 0.3) is 5.56 Å². The van der Waals surface area contributed by atoms with Crippen molar-refractivity contribution in [1.29, 1.82) is 0 Å². The normalized spacial score (nSPS) is 12.8. The van der Waals surface area contributed by atoms with E-state index in [1.807, 2.05) is 0 Å². The summed E-state index contributed by atoms with van der Waals surface area (Å²) in [5.74, 6) is -0.0105. The van der Waals surface area contributed by atoms with Crippen LogP contribution in [0, 0.1) is 0 Å². The maximum Gasteiger partial charge on any atom is 0.310 e. The van der Waals surface area contributed by atoms with Crippen molar-refractivity contribution in [2.75, 3.05) is 5.88 Å². The first-order chi connectivity index (χ1) is 8.13. The molecule has 1 unspecified atom stereocenters. The third-order valence-corrected chi connectivity index (χ3v) is 3.68. The van der Waals surface area contributed by atoms with E-state index in [0.29, 0.717) is 10.1 Å². The van der Waals surface area contributed by atoms with Gasteiger partial charge < -0.3 is 5.11 Å². The van der Waals surface area contributed by atoms with Crippen LogP contribution in [-0.4, -0.2) is 21.7 Å². The quantitative estimate of drug-likeness (QED) is 0.848. The predicted octanol–water partition coefficient (Wildman–Crippen LogP) is 1.02. The van der Waals surface area contributed by atoms with Gasteiger partial charge in [-0.25, -0.2) is 0 Å². The van der Waals surface area contributed by atoms with Crippen LogP contribution in [0.5, 0.6) is 0 Å². The lowest BCUT2D eigenvalue weighted by molar-refractivity contribution is 0.174. The van der Waals surface area contributed by atoms with Crippen molar-refractivity contribution < 1.29 is 5.11 Å². The molecule has 1 aromatic heterocycles. The predicted molar refractivity (Wildman–Crippen MR) is 69.1 cm³/mol. The van der Waals surface area contributed by atoms with Crippen LogP contribution >= 0.6 is 22.9 Å². The Balaban J connectivity index is 2.64. The molecule has 0 bridgehead atoms. The van der Waals surface area contributed by atoms with Gasteiger partial charge in [0.05, 0.1) is 23.9 Å². The first kappa shape index (κ1) is 12.3. The van der Waals surface area contributed by atoms with E-state index in [0.717, 1.165) is 15.9 Å². The molecule has 0 fully saturated rings. The molecule has 1 heterocycles. The van der Waals surface area contributed by atoms with Crippen LogP contribution < -0.4 is 10.4 Å². The molecular formula is C11H10ClNO3S. The summed E-state index contributed by atoms with van der Waals surface area (Å²) in [6, 6.07) is 6.90. The number of halogens is 1. The summed E-state index contributed by atoms with van der Waals surface area (Å²) in [7, 11) is 0. The van der Waals surface area contributed by atoms with Gasteiger partial charge in [-0.15, -0.1) is 11.6 Å². The zero-order valence-electron chi connectivity index (χ0n) is 8.80. The summed E-state index contributed by atoms with van der Waals surface area (Å²) in [6.07, 6.45) is -0.893. The van der Waals surface area contributed by atoms with Gasteiger partial charge in [0.2, 0.25) is 0 Å². The van der Waals surface area contributed by atoms with Crippen LogP contribution in [0.4, 0.5) is 0 Å². The van der Waals surface area contributed by atoms with E-state index in [1.165, 1.54) is 0 Å². The molecule has 17 heavy (non-hydrogen) atoms. The summed E-state index contributed by atoms with van der Waals surface area (Å²) in [6.45, 7) is -0.0670. The Morgan fingerprint density at radius 2 is 2.06 bits per heavy atom. The van der Waals surface area contributed by atoms with E-state index in [4.69, 9.17) is 11.6 Å². The number of rotatable bonds is 3. The molecular weight excluding hydrogens is 262 g/mol. The molecule has 1 N–H and O–H groups in total. The van der Waals surface area contributed by atoms with E-state index < -0.39 is 6.10 Å². The topological polar surface area (TPSA) is 59.3 Å². The highest BCUT2D eigenvalue weighted by molar-refractivity contribution is 7.16. The number of alkyl halides is 1. The molecule has 0 saturated carbocycles. The fourth-order valence-electron chi connectivity index (χ4n) is 1.53. The van der Waals surface area contributed by atoms with Gasteiger partial charge in [-0.3, -0.25) is 14.2 Å². The van der Waals surface area contributed by atoms with Gasteiger partial charge in [-0.2, -0.15) is 0 Å². The highest BCUT2D eigenvalue weighted by Gasteiger charge is 2.11. The van der Waals surface area contributed by atoms with E-state index in [-0.39, 0.29) is 22.9 Å². The smallest absolute Gasteiger partial charge is 0.310 e. The summed E-state index contributed by atoms with van der Waals surface area (Å²) < 4.78 is 1.68. The van der Waals surface area contributed by atoms with Crippen molar-refractivity contribution in [2.45, 2.75) is 12.6 Å². The Hall–Kier alpha value is -1.17. The average Bonchev–Trinajstić information content (AvgIpc) is 2.34. The van der Waals surface area contributed by atoms with Crippen LogP contribution in [0.15, 0.2) is 33.9 Å². The summed E-state index contributed by atoms with van der Waals surface area (Å²) in [5.41, 5.74) is -0.381. The largest absolute Gasteiger partial charge is 0.390 e. The van der Waals surface area contributed by atoms with Gasteiger partial charge in [-0.1, -0.05) is 23.5 Å². The summed E-state index contributed by atoms with van der Waals surface area (Å²) >= 11 is 6.45. The van der Waals surface area contributed by atoms with E-state index in [1.54, 1.807) is 24.3 Å². The van der Waals surface area contributed by atoms with E-state index in [2.05, 4.69) is 0 Å². The molecule has 0 saturated heterocycles. The van der Waals surface area contributed by atoms with Gasteiger partial charge in [0.1, 0.15) is 0 Å². The third kappa shape index (κ3) is 2.41. The van der Waals surface area contributed by atoms with Crippen LogP contribution in [0.1, 0.15) is 0 Å². The SMILES string of the molecule is O=c1sc2ccccc2c(=O)n1CC(O)CCl. The lowest BCUT2D eigenvalue weighted by atomic mass is 10.3. The fraction of sp³-hybridized carbons (Fsp3) is 0.273. The zero-order valence-corrected chi connectivity index (χ0v) is 10.4. The zero-order chi connectivity index (χ0) is 12.4. The minimum Gasteiger partial charge on any atom is -0.390 e. The van der Waals surface area contributed by atoms with Crippen molar-refractivity contribution in [3.05, 3.63) is 44.3 Å². The Bertz CT molecular complexity index is 649. The Kier molecular flexibility index (Phi) is 3.61. The number of hydrogen-bond acceptors (Lipinski definition) is 4. The number of hydrogen-bond donors (Lipinski definition) is 1. The van der Waals surface area contributed by atoms with Crippen LogP contribution in [0.2, 0.25) is 0 Å². The molecule has 1 aromatic carbocycles. The second-order valence-corrected chi connectivity index (χ2v) is 4.89. The summed E-state index contributed by atoms with van der Waals surface area (Å²) in [5, 5.41) is 9.89. The number of aromatic nitrogens is 1. The third-order valence-electron chi connectivity index (χ3n) is 2.35. The lowest BCUT2D eigenvalue weighted by Crippen LogP contribution is -2.35. The van der Waals surface area contributed by atoms with Crippen LogP contribution in [0.3, 0.4) is 0 Å². The van der Waals surface area contributed by atoms with Crippen LogP contribution in [-0.2, 0) is 6.54 Å². The molecule has 90 valence electrons. The minimum atomic E-state index is -0.893. The van der Waals surface area contributed by atoms with Crippen molar-refractivity contribution in [3.8, 4) is 0 Å². The number of benzene rings is 1. The maximum atomic E-state index is 12.0. The lowest BCUT2D eigenvalue weighted by Gasteiger charge is -2.08. The molecule has 1 atom stereocenters. The second-order valence-electron chi connectivity index (χ2n) is 3.59. The molecule has 2 rings (SSSR count). The maximum absolute atomic E-state index is 12.0. The average molecular weight is 272 g/mol. The highest BCUT2D eigenvalue weighted by Crippen LogP contribution is 2.10. The molecule has 0 amide bonds. The fourth-order valence-corrected chi connectivity index (χ4v) is 2.49. The number of nitrogens with zero attached hydrogens (tertiary/aromatic N) is 1. The van der Waals surface area contributed by atoms with E-state index in [9.17, 15) is 14.7 Å². The highest BCUT2D eigenvalue weighted by atomic mass is 35.5. The number of fused-ring (bicyclic) bond motifs is 1. The Morgan fingerprint density at radius 3 is 2.76 bits per heavy atom. The molecule has 0 aliphatic carbocycles. The molecule has 0 spiro atoms. The minimum absolute atomic E-state index is 0.0105. The van der Waals surface area contributed by atoms with Crippen LogP contribution in [0.25, 0.3) is 10.1 Å². The molecule has 6 heteroatoms. The number of aliphatic hydroxyl groups excluding tert-OH is 1. The van der Waals surface area contributed by atoms with Crippen molar-refractivity contribution in [3.63, 3.8) is 0 Å². The Morgan fingerprint density at radius 1 is 1.35 bits per heavy atom. The van der Waals surface area contributed by atoms with Gasteiger partial charge in [-0.05, 0) is 12.1 Å². The molecule has 0 radical (unpaired) electrons. The molecule has 4 nitrogen and oxygen atoms in total. The van der Waals surface area contributed by atoms with Crippen molar-refractivity contribution in [2.24, 2.45) is 0 Å². The van der Waals surface area contributed by atoms with Gasteiger partial charge in [0, 0.05) is 4.70 Å².